The first-order valence-electron chi connectivity index (χ1n) is 6.75. The molecule has 0 aliphatic carbocycles. The Morgan fingerprint density at radius 3 is 2.90 bits per heavy atom. The second-order valence-electron chi connectivity index (χ2n) is 5.75. The highest BCUT2D eigenvalue weighted by Crippen LogP contribution is 2.31. The normalized spacial score (nSPS) is 19.6. The van der Waals surface area contributed by atoms with Gasteiger partial charge in [0.1, 0.15) is 5.82 Å². The van der Waals surface area contributed by atoms with Crippen molar-refractivity contribution in [3.05, 3.63) is 35.1 Å². The third kappa shape index (κ3) is 3.96. The maximum Gasteiger partial charge on any atom is 0.335 e. The van der Waals surface area contributed by atoms with E-state index in [2.05, 4.69) is 18.7 Å². The molecule has 0 aromatic heterocycles. The van der Waals surface area contributed by atoms with E-state index in [1.807, 2.05) is 11.8 Å². The van der Waals surface area contributed by atoms with Crippen LogP contribution in [0.1, 0.15) is 36.2 Å². The van der Waals surface area contributed by atoms with Crippen LogP contribution in [0.5, 0.6) is 0 Å². The summed E-state index contributed by atoms with van der Waals surface area (Å²) in [4.78, 5) is 13.2. The Bertz CT molecular complexity index is 505. The first-order valence-corrected chi connectivity index (χ1v) is 7.74. The average Bonchev–Trinajstić information content (AvgIpc) is 2.53. The summed E-state index contributed by atoms with van der Waals surface area (Å²) < 4.78 is 14.1. The molecule has 3 nitrogen and oxygen atoms in total. The van der Waals surface area contributed by atoms with Gasteiger partial charge in [-0.2, -0.15) is 11.8 Å². The van der Waals surface area contributed by atoms with Crippen molar-refractivity contribution < 1.29 is 14.3 Å². The molecule has 0 saturated carbocycles. The van der Waals surface area contributed by atoms with Crippen molar-refractivity contribution in [3.63, 3.8) is 0 Å². The largest absolute Gasteiger partial charge is 0.478 e. The molecule has 0 atom stereocenters. The molecule has 110 valence electrons. The van der Waals surface area contributed by atoms with Crippen LogP contribution in [0, 0.1) is 5.82 Å². The molecular formula is C15H20FNO2S. The van der Waals surface area contributed by atoms with Gasteiger partial charge in [0.05, 0.1) is 5.56 Å². The van der Waals surface area contributed by atoms with Gasteiger partial charge in [-0.15, -0.1) is 0 Å². The Kier molecular flexibility index (Phi) is 4.70. The molecule has 1 heterocycles. The van der Waals surface area contributed by atoms with E-state index in [-0.39, 0.29) is 16.1 Å². The van der Waals surface area contributed by atoms with Crippen molar-refractivity contribution in [2.45, 2.75) is 31.6 Å². The average molecular weight is 297 g/mol. The van der Waals surface area contributed by atoms with Crippen LogP contribution in [0.15, 0.2) is 18.2 Å². The Hall–Kier alpha value is -1.07. The van der Waals surface area contributed by atoms with Crippen LogP contribution < -0.4 is 0 Å². The number of nitrogens with zero attached hydrogens (tertiary/aromatic N) is 1. The van der Waals surface area contributed by atoms with Gasteiger partial charge in [-0.3, -0.25) is 4.90 Å². The summed E-state index contributed by atoms with van der Waals surface area (Å²) in [6, 6.07) is 4.00. The quantitative estimate of drug-likeness (QED) is 0.930. The zero-order valence-electron chi connectivity index (χ0n) is 11.9. The number of rotatable bonds is 3. The zero-order valence-corrected chi connectivity index (χ0v) is 12.7. The monoisotopic (exact) mass is 297 g/mol. The van der Waals surface area contributed by atoms with E-state index in [9.17, 15) is 9.18 Å². The molecule has 1 fully saturated rings. The highest BCUT2D eigenvalue weighted by molar-refractivity contribution is 8.00. The molecule has 0 radical (unpaired) electrons. The standard InChI is InChI=1S/C15H20FNO2S/c1-15(2)5-6-17(7-8-20-15)10-12-9-11(14(18)19)3-4-13(12)16/h3-4,9H,5-8,10H2,1-2H3,(H,18,19). The van der Waals surface area contributed by atoms with E-state index in [4.69, 9.17) is 5.11 Å². The molecule has 1 saturated heterocycles. The molecular weight excluding hydrogens is 277 g/mol. The molecule has 1 aliphatic rings. The fourth-order valence-electron chi connectivity index (χ4n) is 2.29. The van der Waals surface area contributed by atoms with Crippen molar-refractivity contribution in [1.82, 2.24) is 4.90 Å². The van der Waals surface area contributed by atoms with E-state index in [1.165, 1.54) is 18.2 Å². The number of thioether (sulfide) groups is 1. The minimum atomic E-state index is -1.01. The highest BCUT2D eigenvalue weighted by Gasteiger charge is 2.24. The number of halogens is 1. The van der Waals surface area contributed by atoms with E-state index >= 15 is 0 Å². The number of aromatic carboxylic acids is 1. The molecule has 0 spiro atoms. The minimum Gasteiger partial charge on any atom is -0.478 e. The molecule has 20 heavy (non-hydrogen) atoms. The number of carboxylic acids is 1. The fraction of sp³-hybridized carbons (Fsp3) is 0.533. The molecule has 1 aromatic carbocycles. The van der Waals surface area contributed by atoms with Gasteiger partial charge in [0.2, 0.25) is 0 Å². The third-order valence-electron chi connectivity index (χ3n) is 3.62. The SMILES string of the molecule is CC1(C)CCN(Cc2cc(C(=O)O)ccc2F)CCS1. The topological polar surface area (TPSA) is 40.5 Å². The molecule has 1 N–H and O–H groups in total. The predicted molar refractivity (Wildman–Crippen MR) is 79.8 cm³/mol. The first-order chi connectivity index (χ1) is 9.37. The van der Waals surface area contributed by atoms with Crippen molar-refractivity contribution in [2.75, 3.05) is 18.8 Å². The molecule has 1 aromatic rings. The lowest BCUT2D eigenvalue weighted by atomic mass is 10.1. The number of carbonyl (C=O) groups is 1. The number of carboxylic acid groups (broad SMARTS) is 1. The summed E-state index contributed by atoms with van der Waals surface area (Å²) in [7, 11) is 0. The first kappa shape index (κ1) is 15.3. The van der Waals surface area contributed by atoms with Crippen LogP contribution in [-0.4, -0.2) is 39.6 Å². The number of hydrogen-bond donors (Lipinski definition) is 1. The molecule has 0 amide bonds. The molecule has 0 unspecified atom stereocenters. The summed E-state index contributed by atoms with van der Waals surface area (Å²) in [6.07, 6.45) is 1.05. The van der Waals surface area contributed by atoms with Gasteiger partial charge in [-0.25, -0.2) is 9.18 Å². The summed E-state index contributed by atoms with van der Waals surface area (Å²) in [5.74, 6) is -0.322. The van der Waals surface area contributed by atoms with Crippen molar-refractivity contribution >= 4 is 17.7 Å². The molecule has 5 heteroatoms. The van der Waals surface area contributed by atoms with Gasteiger partial charge in [0.25, 0.3) is 0 Å². The van der Waals surface area contributed by atoms with Gasteiger partial charge in [0, 0.05) is 29.2 Å². The number of benzene rings is 1. The van der Waals surface area contributed by atoms with E-state index in [0.717, 1.165) is 25.3 Å². The van der Waals surface area contributed by atoms with Gasteiger partial charge in [-0.1, -0.05) is 13.8 Å². The Labute approximate surface area is 123 Å². The van der Waals surface area contributed by atoms with Crippen LogP contribution in [0.2, 0.25) is 0 Å². The van der Waals surface area contributed by atoms with Gasteiger partial charge < -0.3 is 5.11 Å². The van der Waals surface area contributed by atoms with Gasteiger partial charge in [-0.05, 0) is 31.2 Å². The van der Waals surface area contributed by atoms with Crippen LogP contribution >= 0.6 is 11.8 Å². The maximum absolute atomic E-state index is 13.8. The third-order valence-corrected chi connectivity index (χ3v) is 4.99. The predicted octanol–water partition coefficient (Wildman–Crippen LogP) is 3.24. The highest BCUT2D eigenvalue weighted by atomic mass is 32.2. The Morgan fingerprint density at radius 1 is 1.45 bits per heavy atom. The molecule has 1 aliphatic heterocycles. The van der Waals surface area contributed by atoms with Crippen molar-refractivity contribution in [1.29, 1.82) is 0 Å². The van der Waals surface area contributed by atoms with Crippen molar-refractivity contribution in [2.24, 2.45) is 0 Å². The smallest absolute Gasteiger partial charge is 0.335 e. The summed E-state index contributed by atoms with van der Waals surface area (Å²) in [6.45, 7) is 6.75. The van der Waals surface area contributed by atoms with E-state index in [1.54, 1.807) is 0 Å². The Balaban J connectivity index is 2.09. The Morgan fingerprint density at radius 2 is 2.20 bits per heavy atom. The second kappa shape index (κ2) is 6.14. The second-order valence-corrected chi connectivity index (χ2v) is 7.55. The summed E-state index contributed by atoms with van der Waals surface area (Å²) in [5.41, 5.74) is 0.612. The van der Waals surface area contributed by atoms with Crippen LogP contribution in [0.4, 0.5) is 4.39 Å². The zero-order chi connectivity index (χ0) is 14.8. The lowest BCUT2D eigenvalue weighted by Crippen LogP contribution is -2.27. The summed E-state index contributed by atoms with van der Waals surface area (Å²) in [5, 5.41) is 8.98. The summed E-state index contributed by atoms with van der Waals surface area (Å²) >= 11 is 1.94. The van der Waals surface area contributed by atoms with Crippen LogP contribution in [-0.2, 0) is 6.54 Å². The number of hydrogen-bond acceptors (Lipinski definition) is 3. The minimum absolute atomic E-state index is 0.144. The van der Waals surface area contributed by atoms with Crippen LogP contribution in [0.25, 0.3) is 0 Å². The van der Waals surface area contributed by atoms with Gasteiger partial charge in [0.15, 0.2) is 0 Å². The maximum atomic E-state index is 13.8. The van der Waals surface area contributed by atoms with E-state index in [0.29, 0.717) is 12.1 Å². The fourth-order valence-corrected chi connectivity index (χ4v) is 3.43. The van der Waals surface area contributed by atoms with E-state index < -0.39 is 5.97 Å². The lowest BCUT2D eigenvalue weighted by Gasteiger charge is -2.22. The van der Waals surface area contributed by atoms with Crippen LogP contribution in [0.3, 0.4) is 0 Å². The van der Waals surface area contributed by atoms with Crippen molar-refractivity contribution in [3.8, 4) is 0 Å². The molecule has 2 rings (SSSR count). The lowest BCUT2D eigenvalue weighted by molar-refractivity contribution is 0.0696. The molecule has 0 bridgehead atoms. The van der Waals surface area contributed by atoms with Gasteiger partial charge >= 0.3 is 5.97 Å².